The highest BCUT2D eigenvalue weighted by Crippen LogP contribution is 2.47. The van der Waals surface area contributed by atoms with Crippen LogP contribution < -0.4 is 0 Å². The molecule has 0 aromatic carbocycles. The first-order valence-corrected chi connectivity index (χ1v) is 19.5. The molecule has 0 aliphatic rings. The summed E-state index contributed by atoms with van der Waals surface area (Å²) in [4.78, 5) is 20.2. The maximum absolute atomic E-state index is 2.29. The van der Waals surface area contributed by atoms with Crippen LogP contribution in [0.4, 0.5) is 0 Å². The average molecular weight is 673 g/mol. The predicted molar refractivity (Wildman–Crippen MR) is 192 cm³/mol. The molecule has 8 rings (SSSR count). The molecule has 200 valence electrons. The van der Waals surface area contributed by atoms with Crippen molar-refractivity contribution in [2.45, 2.75) is 6.92 Å². The van der Waals surface area contributed by atoms with E-state index in [-0.39, 0.29) is 0 Å². The molecule has 0 N–H and O–H groups in total. The summed E-state index contributed by atoms with van der Waals surface area (Å²) in [6.45, 7) is 2.17. The molecule has 0 atom stereocenters. The number of aryl methyl sites for hydroxylation is 1. The van der Waals surface area contributed by atoms with Crippen LogP contribution in [0.1, 0.15) is 4.88 Å². The van der Waals surface area contributed by atoms with Crippen LogP contribution in [-0.4, -0.2) is 0 Å². The number of hydrogen-bond acceptors (Lipinski definition) is 8. The van der Waals surface area contributed by atoms with Gasteiger partial charge in [0.25, 0.3) is 0 Å². The van der Waals surface area contributed by atoms with E-state index in [0.717, 1.165) is 0 Å². The first kappa shape index (κ1) is 26.2. The van der Waals surface area contributed by atoms with Crippen LogP contribution in [0.15, 0.2) is 102 Å². The van der Waals surface area contributed by atoms with Gasteiger partial charge in [0, 0.05) is 73.2 Å². The molecule has 0 nitrogen and oxygen atoms in total. The van der Waals surface area contributed by atoms with Crippen LogP contribution in [0.2, 0.25) is 0 Å². The molecule has 41 heavy (non-hydrogen) atoms. The largest absolute Gasteiger partial charge is 0.143 e. The summed E-state index contributed by atoms with van der Waals surface area (Å²) in [6.07, 6.45) is 0. The van der Waals surface area contributed by atoms with Gasteiger partial charge in [0.1, 0.15) is 0 Å². The Balaban J connectivity index is 0.995. The molecular formula is C33H20S8. The fraction of sp³-hybridized carbons (Fsp3) is 0.0303. The molecule has 0 unspecified atom stereocenters. The van der Waals surface area contributed by atoms with Crippen molar-refractivity contribution in [1.29, 1.82) is 0 Å². The molecule has 0 aliphatic carbocycles. The summed E-state index contributed by atoms with van der Waals surface area (Å²) in [7, 11) is 0. The zero-order valence-electron chi connectivity index (χ0n) is 21.6. The minimum absolute atomic E-state index is 1.34. The molecule has 0 fully saturated rings. The number of rotatable bonds is 7. The van der Waals surface area contributed by atoms with E-state index < -0.39 is 0 Å². The predicted octanol–water partition coefficient (Wildman–Crippen LogP) is 14.2. The Labute approximate surface area is 270 Å². The van der Waals surface area contributed by atoms with Crippen molar-refractivity contribution in [1.82, 2.24) is 0 Å². The summed E-state index contributed by atoms with van der Waals surface area (Å²) < 4.78 is 0. The van der Waals surface area contributed by atoms with Gasteiger partial charge in [-0.25, -0.2) is 0 Å². The Kier molecular flexibility index (Phi) is 7.06. The minimum atomic E-state index is 1.34. The molecule has 8 heteroatoms. The van der Waals surface area contributed by atoms with Gasteiger partial charge in [-0.2, -0.15) is 0 Å². The Hall–Kier alpha value is -2.40. The first-order chi connectivity index (χ1) is 20.2. The standard InChI is InChI=1S/C33H20S8/c1-19-4-5-22(35-19)23-8-9-26(37-23)27-12-13-30(39-27)31-16-17-33(41-31)32-15-14-29(40-32)28-11-10-25(38-28)24-7-6-21(36-24)20-3-2-18-34-20/h2-18H,1H3. The van der Waals surface area contributed by atoms with Crippen LogP contribution in [0.5, 0.6) is 0 Å². The van der Waals surface area contributed by atoms with Crippen molar-refractivity contribution < 1.29 is 0 Å². The monoisotopic (exact) mass is 672 g/mol. The van der Waals surface area contributed by atoms with Gasteiger partial charge in [0.2, 0.25) is 0 Å². The summed E-state index contributed by atoms with van der Waals surface area (Å²) in [5, 5.41) is 2.15. The SMILES string of the molecule is Cc1ccc(-c2ccc(-c3ccc(-c4ccc(-c5ccc(-c6ccc(-c7ccc(-c8cccs8)s7)s6)s5)s4)s3)s2)s1. The van der Waals surface area contributed by atoms with E-state index in [2.05, 4.69) is 109 Å². The van der Waals surface area contributed by atoms with E-state index in [1.54, 1.807) is 11.3 Å². The quantitative estimate of drug-likeness (QED) is 0.158. The zero-order chi connectivity index (χ0) is 27.3. The maximum atomic E-state index is 2.29. The summed E-state index contributed by atoms with van der Waals surface area (Å²) in [6, 6.07) is 36.1. The highest BCUT2D eigenvalue weighted by atomic mass is 32.1. The molecule has 0 spiro atoms. The van der Waals surface area contributed by atoms with Crippen molar-refractivity contribution in [3.8, 4) is 68.3 Å². The topological polar surface area (TPSA) is 0 Å². The van der Waals surface area contributed by atoms with E-state index in [0.29, 0.717) is 0 Å². The Bertz CT molecular complexity index is 2070. The van der Waals surface area contributed by atoms with E-state index in [1.165, 1.54) is 73.2 Å². The third kappa shape index (κ3) is 5.21. The molecule has 0 saturated heterocycles. The second kappa shape index (κ2) is 11.0. The minimum Gasteiger partial charge on any atom is -0.143 e. The Morgan fingerprint density at radius 1 is 0.293 bits per heavy atom. The first-order valence-electron chi connectivity index (χ1n) is 12.9. The average Bonchev–Trinajstić information content (AvgIpc) is 3.85. The Morgan fingerprint density at radius 2 is 0.561 bits per heavy atom. The zero-order valence-corrected chi connectivity index (χ0v) is 28.1. The molecule has 0 aliphatic heterocycles. The van der Waals surface area contributed by atoms with E-state index in [4.69, 9.17) is 0 Å². The van der Waals surface area contributed by atoms with Crippen LogP contribution >= 0.6 is 90.7 Å². The lowest BCUT2D eigenvalue weighted by atomic mass is 10.3. The molecule has 8 aromatic heterocycles. The Morgan fingerprint density at radius 3 is 0.805 bits per heavy atom. The molecule has 0 amide bonds. The smallest absolute Gasteiger partial charge is 0.0449 e. The lowest BCUT2D eigenvalue weighted by molar-refractivity contribution is 1.64. The second-order valence-electron chi connectivity index (χ2n) is 9.37. The van der Waals surface area contributed by atoms with Crippen molar-refractivity contribution in [2.24, 2.45) is 0 Å². The highest BCUT2D eigenvalue weighted by Gasteiger charge is 2.15. The van der Waals surface area contributed by atoms with Gasteiger partial charge in [0.15, 0.2) is 0 Å². The van der Waals surface area contributed by atoms with Crippen LogP contribution in [0.25, 0.3) is 68.3 Å². The van der Waals surface area contributed by atoms with Gasteiger partial charge in [-0.1, -0.05) is 6.07 Å². The van der Waals surface area contributed by atoms with Gasteiger partial charge >= 0.3 is 0 Å². The molecule has 0 radical (unpaired) electrons. The fourth-order valence-electron chi connectivity index (χ4n) is 4.60. The van der Waals surface area contributed by atoms with Crippen molar-refractivity contribution in [3.05, 3.63) is 107 Å². The van der Waals surface area contributed by atoms with Gasteiger partial charge in [-0.15, -0.1) is 90.7 Å². The second-order valence-corrected chi connectivity index (χ2v) is 18.1. The van der Waals surface area contributed by atoms with Gasteiger partial charge in [-0.05, 0) is 103 Å². The normalized spacial score (nSPS) is 11.5. The van der Waals surface area contributed by atoms with Crippen LogP contribution in [0, 0.1) is 6.92 Å². The van der Waals surface area contributed by atoms with Gasteiger partial charge in [0.05, 0.1) is 0 Å². The van der Waals surface area contributed by atoms with E-state index in [9.17, 15) is 0 Å². The highest BCUT2D eigenvalue weighted by molar-refractivity contribution is 7.31. The molecule has 8 heterocycles. The van der Waals surface area contributed by atoms with Gasteiger partial charge < -0.3 is 0 Å². The third-order valence-corrected chi connectivity index (χ3v) is 16.3. The third-order valence-electron chi connectivity index (χ3n) is 6.60. The van der Waals surface area contributed by atoms with Crippen molar-refractivity contribution in [2.75, 3.05) is 0 Å². The summed E-state index contributed by atoms with van der Waals surface area (Å²) in [5.74, 6) is 0. The van der Waals surface area contributed by atoms with E-state index >= 15 is 0 Å². The molecule has 0 bridgehead atoms. The summed E-state index contributed by atoms with van der Waals surface area (Å²) in [5.41, 5.74) is 0. The molecule has 0 saturated carbocycles. The van der Waals surface area contributed by atoms with E-state index in [1.807, 2.05) is 79.4 Å². The lowest BCUT2D eigenvalue weighted by Crippen LogP contribution is -1.59. The maximum Gasteiger partial charge on any atom is 0.0449 e. The fourth-order valence-corrected chi connectivity index (χ4v) is 12.9. The summed E-state index contributed by atoms with van der Waals surface area (Å²) >= 11 is 15.0. The number of hydrogen-bond donors (Lipinski definition) is 0. The van der Waals surface area contributed by atoms with Gasteiger partial charge in [-0.3, -0.25) is 0 Å². The molecular weight excluding hydrogens is 653 g/mol. The van der Waals surface area contributed by atoms with Crippen LogP contribution in [0.3, 0.4) is 0 Å². The van der Waals surface area contributed by atoms with Crippen molar-refractivity contribution in [3.63, 3.8) is 0 Å². The lowest BCUT2D eigenvalue weighted by Gasteiger charge is -1.93. The van der Waals surface area contributed by atoms with Crippen molar-refractivity contribution >= 4 is 90.7 Å². The van der Waals surface area contributed by atoms with Crippen LogP contribution in [-0.2, 0) is 0 Å². The number of thiophene rings is 8. The molecule has 8 aromatic rings.